The number of likely N-dealkylation sites (N-methyl/N-ethyl adjacent to an activating group) is 2. The largest absolute Gasteiger partial charge is 0.351 e. The van der Waals surface area contributed by atoms with Crippen LogP contribution in [0, 0.1) is 6.92 Å². The first kappa shape index (κ1) is 30.0. The molecule has 0 bridgehead atoms. The summed E-state index contributed by atoms with van der Waals surface area (Å²) in [5, 5.41) is 5.19. The highest BCUT2D eigenvalue weighted by Crippen LogP contribution is 2.26. The molecule has 1 atom stereocenters. The molecule has 0 radical (unpaired) electrons. The summed E-state index contributed by atoms with van der Waals surface area (Å²) in [5.74, 6) is 0.0160. The van der Waals surface area contributed by atoms with Crippen LogP contribution in [0.15, 0.2) is 97.1 Å². The standard InChI is InChI=1S/C35H42N4O2/c1-26-16-17-30-24-31(19-18-29(30)23-26)34(40)37-21-22-38(2)33(15-10-20-36)35(41)39(3)25-32(27-11-6-4-7-12-27)28-13-8-5-9-14-28/h4-9,11-14,16-19,23-24,32-33H,10,15,20-22,25,36H2,1-3H3,(H,37,40)/t33-/m0/s1. The van der Waals surface area contributed by atoms with E-state index < -0.39 is 0 Å². The van der Waals surface area contributed by atoms with Gasteiger partial charge in [0.05, 0.1) is 6.04 Å². The molecule has 0 aromatic heterocycles. The number of carbonyl (C=O) groups is 2. The van der Waals surface area contributed by atoms with E-state index in [4.69, 9.17) is 5.73 Å². The molecule has 0 aliphatic rings. The molecule has 0 heterocycles. The smallest absolute Gasteiger partial charge is 0.251 e. The molecule has 0 fully saturated rings. The van der Waals surface area contributed by atoms with Crippen LogP contribution >= 0.6 is 0 Å². The molecule has 2 amide bonds. The van der Waals surface area contributed by atoms with Gasteiger partial charge >= 0.3 is 0 Å². The topological polar surface area (TPSA) is 78.7 Å². The highest BCUT2D eigenvalue weighted by atomic mass is 16.2. The van der Waals surface area contributed by atoms with Gasteiger partial charge in [-0.1, -0.05) is 90.5 Å². The molecule has 0 saturated carbocycles. The second-order valence-corrected chi connectivity index (χ2v) is 10.8. The molecular weight excluding hydrogens is 508 g/mol. The summed E-state index contributed by atoms with van der Waals surface area (Å²) in [6, 6.07) is 32.3. The lowest BCUT2D eigenvalue weighted by Crippen LogP contribution is -2.49. The fourth-order valence-electron chi connectivity index (χ4n) is 5.35. The lowest BCUT2D eigenvalue weighted by Gasteiger charge is -2.33. The third-order valence-electron chi connectivity index (χ3n) is 7.74. The molecule has 6 nitrogen and oxygen atoms in total. The van der Waals surface area contributed by atoms with Crippen molar-refractivity contribution in [3.05, 3.63) is 119 Å². The fraction of sp³-hybridized carbons (Fsp3) is 0.314. The Labute approximate surface area is 244 Å². The third kappa shape index (κ3) is 8.03. The summed E-state index contributed by atoms with van der Waals surface area (Å²) >= 11 is 0. The van der Waals surface area contributed by atoms with E-state index >= 15 is 0 Å². The molecule has 4 aromatic rings. The van der Waals surface area contributed by atoms with Crippen LogP contribution in [-0.4, -0.2) is 67.9 Å². The van der Waals surface area contributed by atoms with Crippen molar-refractivity contribution in [2.45, 2.75) is 31.7 Å². The minimum atomic E-state index is -0.323. The van der Waals surface area contributed by atoms with E-state index in [-0.39, 0.29) is 23.8 Å². The average molecular weight is 551 g/mol. The maximum atomic E-state index is 13.8. The van der Waals surface area contributed by atoms with Gasteiger partial charge in [-0.25, -0.2) is 0 Å². The van der Waals surface area contributed by atoms with E-state index in [0.29, 0.717) is 38.2 Å². The van der Waals surface area contributed by atoms with Crippen molar-refractivity contribution in [1.29, 1.82) is 0 Å². The first-order valence-corrected chi connectivity index (χ1v) is 14.4. The molecule has 214 valence electrons. The maximum absolute atomic E-state index is 13.8. The molecule has 0 unspecified atom stereocenters. The summed E-state index contributed by atoms with van der Waals surface area (Å²) < 4.78 is 0. The number of nitrogens with two attached hydrogens (primary N) is 1. The second kappa shape index (κ2) is 14.6. The average Bonchev–Trinajstić information content (AvgIpc) is 3.00. The molecule has 41 heavy (non-hydrogen) atoms. The van der Waals surface area contributed by atoms with Crippen LogP contribution in [0.2, 0.25) is 0 Å². The zero-order chi connectivity index (χ0) is 29.2. The number of nitrogens with zero attached hydrogens (tertiary/aromatic N) is 2. The van der Waals surface area contributed by atoms with Crippen LogP contribution in [0.1, 0.15) is 45.8 Å². The van der Waals surface area contributed by atoms with E-state index in [1.165, 1.54) is 16.7 Å². The minimum absolute atomic E-state index is 0.0639. The van der Waals surface area contributed by atoms with Crippen molar-refractivity contribution >= 4 is 22.6 Å². The predicted octanol–water partition coefficient (Wildman–Crippen LogP) is 5.21. The lowest BCUT2D eigenvalue weighted by molar-refractivity contribution is -0.135. The van der Waals surface area contributed by atoms with E-state index in [2.05, 4.69) is 48.6 Å². The summed E-state index contributed by atoms with van der Waals surface area (Å²) in [6.07, 6.45) is 1.41. The van der Waals surface area contributed by atoms with E-state index in [1.807, 2.05) is 84.6 Å². The van der Waals surface area contributed by atoms with Crippen LogP contribution in [0.3, 0.4) is 0 Å². The van der Waals surface area contributed by atoms with Gasteiger partial charge in [0, 0.05) is 38.2 Å². The Morgan fingerprint density at radius 1 is 0.829 bits per heavy atom. The predicted molar refractivity (Wildman–Crippen MR) is 168 cm³/mol. The Balaban J connectivity index is 1.39. The molecular formula is C35H42N4O2. The maximum Gasteiger partial charge on any atom is 0.251 e. The number of nitrogens with one attached hydrogen (secondary N) is 1. The van der Waals surface area contributed by atoms with Gasteiger partial charge in [0.1, 0.15) is 0 Å². The normalized spacial score (nSPS) is 12.0. The Bertz CT molecular complexity index is 1380. The van der Waals surface area contributed by atoms with Gasteiger partial charge in [-0.15, -0.1) is 0 Å². The Morgan fingerprint density at radius 2 is 1.44 bits per heavy atom. The lowest BCUT2D eigenvalue weighted by atomic mass is 9.90. The van der Waals surface area contributed by atoms with Crippen molar-refractivity contribution in [2.75, 3.05) is 40.3 Å². The summed E-state index contributed by atoms with van der Waals surface area (Å²) in [5.41, 5.74) is 10.0. The van der Waals surface area contributed by atoms with Gasteiger partial charge in [-0.05, 0) is 67.4 Å². The van der Waals surface area contributed by atoms with Crippen molar-refractivity contribution in [1.82, 2.24) is 15.1 Å². The number of rotatable bonds is 13. The fourth-order valence-corrected chi connectivity index (χ4v) is 5.35. The zero-order valence-corrected chi connectivity index (χ0v) is 24.4. The van der Waals surface area contributed by atoms with Gasteiger partial charge in [-0.2, -0.15) is 0 Å². The Morgan fingerprint density at radius 3 is 2.07 bits per heavy atom. The Kier molecular flexibility index (Phi) is 10.7. The van der Waals surface area contributed by atoms with Gasteiger partial charge < -0.3 is 16.0 Å². The number of aryl methyl sites for hydroxylation is 1. The van der Waals surface area contributed by atoms with Gasteiger partial charge in [0.2, 0.25) is 5.91 Å². The first-order chi connectivity index (χ1) is 19.9. The van der Waals surface area contributed by atoms with Crippen LogP contribution in [-0.2, 0) is 4.79 Å². The van der Waals surface area contributed by atoms with Crippen LogP contribution in [0.25, 0.3) is 10.8 Å². The monoisotopic (exact) mass is 550 g/mol. The number of amides is 2. The minimum Gasteiger partial charge on any atom is -0.351 e. The van der Waals surface area contributed by atoms with Crippen LogP contribution in [0.4, 0.5) is 0 Å². The van der Waals surface area contributed by atoms with E-state index in [9.17, 15) is 9.59 Å². The van der Waals surface area contributed by atoms with Crippen molar-refractivity contribution in [3.63, 3.8) is 0 Å². The molecule has 0 saturated heterocycles. The van der Waals surface area contributed by atoms with E-state index in [1.54, 1.807) is 0 Å². The van der Waals surface area contributed by atoms with Crippen molar-refractivity contribution < 1.29 is 9.59 Å². The molecule has 3 N–H and O–H groups in total. The first-order valence-electron chi connectivity index (χ1n) is 14.4. The molecule has 6 heteroatoms. The molecule has 4 rings (SSSR count). The van der Waals surface area contributed by atoms with Crippen molar-refractivity contribution in [3.8, 4) is 0 Å². The van der Waals surface area contributed by atoms with Gasteiger partial charge in [-0.3, -0.25) is 14.5 Å². The number of carbonyl (C=O) groups excluding carboxylic acids is 2. The van der Waals surface area contributed by atoms with Gasteiger partial charge in [0.25, 0.3) is 5.91 Å². The quantitative estimate of drug-likeness (QED) is 0.240. The number of hydrogen-bond acceptors (Lipinski definition) is 4. The SMILES string of the molecule is Cc1ccc2cc(C(=O)NCCN(C)[C@@H](CCCN)C(=O)N(C)CC(c3ccccc3)c3ccccc3)ccc2c1. The second-order valence-electron chi connectivity index (χ2n) is 10.8. The third-order valence-corrected chi connectivity index (χ3v) is 7.74. The number of fused-ring (bicyclic) bond motifs is 1. The highest BCUT2D eigenvalue weighted by Gasteiger charge is 2.28. The van der Waals surface area contributed by atoms with Crippen LogP contribution < -0.4 is 11.1 Å². The highest BCUT2D eigenvalue weighted by molar-refractivity contribution is 5.98. The summed E-state index contributed by atoms with van der Waals surface area (Å²) in [7, 11) is 3.83. The van der Waals surface area contributed by atoms with Gasteiger partial charge in [0.15, 0.2) is 0 Å². The molecule has 4 aromatic carbocycles. The molecule has 0 aliphatic carbocycles. The zero-order valence-electron chi connectivity index (χ0n) is 24.4. The Hall–Kier alpha value is -4.00. The summed E-state index contributed by atoms with van der Waals surface area (Å²) in [6.45, 7) is 4.14. The van der Waals surface area contributed by atoms with Crippen LogP contribution in [0.5, 0.6) is 0 Å². The molecule has 0 spiro atoms. The van der Waals surface area contributed by atoms with E-state index in [0.717, 1.165) is 17.2 Å². The van der Waals surface area contributed by atoms with Crippen molar-refractivity contribution in [2.24, 2.45) is 5.73 Å². The number of hydrogen-bond donors (Lipinski definition) is 2. The summed E-state index contributed by atoms with van der Waals surface area (Å²) in [4.78, 5) is 30.6. The molecule has 0 aliphatic heterocycles. The number of benzene rings is 4.